The topological polar surface area (TPSA) is 114 Å². The van der Waals surface area contributed by atoms with E-state index in [-0.39, 0.29) is 22.7 Å². The van der Waals surface area contributed by atoms with E-state index in [0.717, 1.165) is 12.1 Å². The molecule has 178 valence electrons. The Morgan fingerprint density at radius 2 is 1.65 bits per heavy atom. The highest BCUT2D eigenvalue weighted by molar-refractivity contribution is 6.06. The maximum Gasteiger partial charge on any atom is 0.418 e. The lowest BCUT2D eigenvalue weighted by Crippen LogP contribution is -2.19. The number of carbonyl (C=O) groups excluding carboxylic acids is 2. The molecule has 34 heavy (non-hydrogen) atoms. The first-order valence-electron chi connectivity index (χ1n) is 9.94. The highest BCUT2D eigenvalue weighted by atomic mass is 19.4. The number of benzene rings is 2. The number of carbonyl (C=O) groups is 2. The van der Waals surface area contributed by atoms with E-state index in [1.807, 2.05) is 0 Å². The summed E-state index contributed by atoms with van der Waals surface area (Å²) in [6.45, 7) is 5.28. The van der Waals surface area contributed by atoms with Crippen LogP contribution in [0.15, 0.2) is 59.2 Å². The number of nitrogens with one attached hydrogen (secondary N) is 2. The molecular formula is C23H20F3N3O5. The second kappa shape index (κ2) is 9.00. The van der Waals surface area contributed by atoms with Gasteiger partial charge in [0.25, 0.3) is 17.5 Å². The van der Waals surface area contributed by atoms with E-state index in [9.17, 15) is 32.9 Å². The molecule has 2 aromatic carbocycles. The summed E-state index contributed by atoms with van der Waals surface area (Å²) in [6, 6.07) is 9.38. The third-order valence-corrected chi connectivity index (χ3v) is 4.84. The van der Waals surface area contributed by atoms with Crippen LogP contribution in [0.25, 0.3) is 0 Å². The fourth-order valence-electron chi connectivity index (χ4n) is 3.22. The summed E-state index contributed by atoms with van der Waals surface area (Å²) in [5, 5.41) is 15.9. The Bertz CT molecular complexity index is 1250. The molecule has 1 aromatic heterocycles. The van der Waals surface area contributed by atoms with Gasteiger partial charge in [-0.15, -0.1) is 0 Å². The van der Waals surface area contributed by atoms with E-state index in [1.165, 1.54) is 36.6 Å². The molecule has 2 N–H and O–H groups in total. The molecule has 0 saturated carbocycles. The molecule has 3 aromatic rings. The molecule has 0 radical (unpaired) electrons. The van der Waals surface area contributed by atoms with E-state index < -0.39 is 39.6 Å². The zero-order valence-corrected chi connectivity index (χ0v) is 18.3. The predicted octanol–water partition coefficient (Wildman–Crippen LogP) is 6.01. The minimum atomic E-state index is -4.86. The molecule has 0 bridgehead atoms. The first-order chi connectivity index (χ1) is 15.8. The summed E-state index contributed by atoms with van der Waals surface area (Å²) >= 11 is 0. The fraction of sp³-hybridized carbons (Fsp3) is 0.217. The Kier molecular flexibility index (Phi) is 6.49. The quantitative estimate of drug-likeness (QED) is 0.347. The summed E-state index contributed by atoms with van der Waals surface area (Å²) in [5.74, 6) is -1.80. The van der Waals surface area contributed by atoms with E-state index >= 15 is 0 Å². The van der Waals surface area contributed by atoms with Gasteiger partial charge in [0.05, 0.1) is 22.4 Å². The van der Waals surface area contributed by atoms with Gasteiger partial charge in [-0.25, -0.2) is 0 Å². The van der Waals surface area contributed by atoms with Crippen LogP contribution in [0.2, 0.25) is 0 Å². The number of rotatable bonds is 5. The number of anilines is 2. The minimum absolute atomic E-state index is 0.0914. The number of furan rings is 1. The molecule has 11 heteroatoms. The van der Waals surface area contributed by atoms with Crippen LogP contribution >= 0.6 is 0 Å². The molecule has 2 amide bonds. The molecule has 0 atom stereocenters. The Hall–Kier alpha value is -4.15. The Morgan fingerprint density at radius 1 is 0.941 bits per heavy atom. The standard InChI is InChI=1S/C23H20F3N3O5/c1-22(2,3)15-8-6-13(11-18(15)29(32)33)20(30)28-17-9-7-14(12-16(17)23(24,25)26)27-21(31)19-5-4-10-34-19/h4-12H,1-3H3,(H,27,31)(H,28,30). The first-order valence-corrected chi connectivity index (χ1v) is 9.94. The zero-order chi connectivity index (χ0) is 25.3. The number of hydrogen-bond donors (Lipinski definition) is 2. The Morgan fingerprint density at radius 3 is 2.21 bits per heavy atom. The number of nitro groups is 1. The monoisotopic (exact) mass is 475 g/mol. The van der Waals surface area contributed by atoms with Crippen LogP contribution in [0.3, 0.4) is 0 Å². The summed E-state index contributed by atoms with van der Waals surface area (Å²) in [7, 11) is 0. The van der Waals surface area contributed by atoms with Crippen LogP contribution in [0.4, 0.5) is 30.2 Å². The summed E-state index contributed by atoms with van der Waals surface area (Å²) in [6.07, 6.45) is -3.62. The molecule has 0 aliphatic heterocycles. The van der Waals surface area contributed by atoms with Gasteiger partial charge in [-0.05, 0) is 41.8 Å². The van der Waals surface area contributed by atoms with E-state index in [0.29, 0.717) is 11.6 Å². The van der Waals surface area contributed by atoms with Crippen molar-refractivity contribution in [3.05, 3.63) is 87.4 Å². The minimum Gasteiger partial charge on any atom is -0.459 e. The molecular weight excluding hydrogens is 455 g/mol. The maximum absolute atomic E-state index is 13.7. The van der Waals surface area contributed by atoms with Gasteiger partial charge in [-0.3, -0.25) is 19.7 Å². The third-order valence-electron chi connectivity index (χ3n) is 4.84. The highest BCUT2D eigenvalue weighted by Crippen LogP contribution is 2.37. The molecule has 0 unspecified atom stereocenters. The third kappa shape index (κ3) is 5.42. The Balaban J connectivity index is 1.91. The van der Waals surface area contributed by atoms with Crippen molar-refractivity contribution in [2.75, 3.05) is 10.6 Å². The molecule has 0 fully saturated rings. The number of alkyl halides is 3. The van der Waals surface area contributed by atoms with Crippen molar-refractivity contribution >= 4 is 28.9 Å². The molecule has 0 spiro atoms. The predicted molar refractivity (Wildman–Crippen MR) is 118 cm³/mol. The van der Waals surface area contributed by atoms with Crippen LogP contribution in [0.5, 0.6) is 0 Å². The smallest absolute Gasteiger partial charge is 0.418 e. The van der Waals surface area contributed by atoms with Gasteiger partial charge < -0.3 is 15.1 Å². The zero-order valence-electron chi connectivity index (χ0n) is 18.3. The van der Waals surface area contributed by atoms with Crippen LogP contribution in [-0.4, -0.2) is 16.7 Å². The summed E-state index contributed by atoms with van der Waals surface area (Å²) in [4.78, 5) is 35.6. The number of amides is 2. The van der Waals surface area contributed by atoms with Crippen molar-refractivity contribution in [2.45, 2.75) is 32.4 Å². The van der Waals surface area contributed by atoms with Gasteiger partial charge in [0, 0.05) is 22.9 Å². The highest BCUT2D eigenvalue weighted by Gasteiger charge is 2.35. The van der Waals surface area contributed by atoms with E-state index in [1.54, 1.807) is 20.8 Å². The SMILES string of the molecule is CC(C)(C)c1ccc(C(=O)Nc2ccc(NC(=O)c3ccco3)cc2C(F)(F)F)cc1[N+](=O)[O-]. The van der Waals surface area contributed by atoms with Crippen LogP contribution < -0.4 is 10.6 Å². The van der Waals surface area contributed by atoms with Crippen molar-refractivity contribution in [2.24, 2.45) is 0 Å². The molecule has 0 saturated heterocycles. The van der Waals surface area contributed by atoms with Crippen LogP contribution in [-0.2, 0) is 11.6 Å². The van der Waals surface area contributed by atoms with Crippen LogP contribution in [0, 0.1) is 10.1 Å². The summed E-state index contributed by atoms with van der Waals surface area (Å²) in [5.41, 5.74) is -2.65. The van der Waals surface area contributed by atoms with E-state index in [2.05, 4.69) is 10.6 Å². The fourth-order valence-corrected chi connectivity index (χ4v) is 3.22. The van der Waals surface area contributed by atoms with Gasteiger partial charge in [-0.2, -0.15) is 13.2 Å². The van der Waals surface area contributed by atoms with Crippen molar-refractivity contribution < 1.29 is 32.1 Å². The normalized spacial score (nSPS) is 11.7. The largest absolute Gasteiger partial charge is 0.459 e. The van der Waals surface area contributed by atoms with Crippen LogP contribution in [0.1, 0.15) is 52.8 Å². The Labute approximate surface area is 191 Å². The average Bonchev–Trinajstić information content (AvgIpc) is 3.28. The van der Waals surface area contributed by atoms with Gasteiger partial charge in [0.1, 0.15) is 0 Å². The van der Waals surface area contributed by atoms with Crippen molar-refractivity contribution in [1.82, 2.24) is 0 Å². The number of hydrogen-bond acceptors (Lipinski definition) is 5. The van der Waals surface area contributed by atoms with Gasteiger partial charge >= 0.3 is 6.18 Å². The molecule has 1 heterocycles. The molecule has 0 aliphatic carbocycles. The van der Waals surface area contributed by atoms with Crippen molar-refractivity contribution in [1.29, 1.82) is 0 Å². The van der Waals surface area contributed by atoms with Gasteiger partial charge in [0.2, 0.25) is 0 Å². The summed E-state index contributed by atoms with van der Waals surface area (Å²) < 4.78 is 45.9. The second-order valence-corrected chi connectivity index (χ2v) is 8.38. The average molecular weight is 475 g/mol. The van der Waals surface area contributed by atoms with Gasteiger partial charge in [0.15, 0.2) is 5.76 Å². The first kappa shape index (κ1) is 24.5. The van der Waals surface area contributed by atoms with E-state index in [4.69, 9.17) is 4.42 Å². The maximum atomic E-state index is 13.7. The lowest BCUT2D eigenvalue weighted by atomic mass is 9.85. The number of nitro benzene ring substituents is 1. The second-order valence-electron chi connectivity index (χ2n) is 8.38. The molecule has 0 aliphatic rings. The van der Waals surface area contributed by atoms with Crippen molar-refractivity contribution in [3.63, 3.8) is 0 Å². The lowest BCUT2D eigenvalue weighted by Gasteiger charge is -2.19. The van der Waals surface area contributed by atoms with Gasteiger partial charge in [-0.1, -0.05) is 26.8 Å². The molecule has 8 nitrogen and oxygen atoms in total. The number of nitrogens with zero attached hydrogens (tertiary/aromatic N) is 1. The lowest BCUT2D eigenvalue weighted by molar-refractivity contribution is -0.386. The molecule has 3 rings (SSSR count). The van der Waals surface area contributed by atoms with Crippen molar-refractivity contribution in [3.8, 4) is 0 Å². The number of halogens is 3.